The molecule has 0 N–H and O–H groups in total. The molecule has 0 unspecified atom stereocenters. The summed E-state index contributed by atoms with van der Waals surface area (Å²) in [4.78, 5) is 12.3. The number of hydrogen-bond acceptors (Lipinski definition) is 1. The van der Waals surface area contributed by atoms with Crippen LogP contribution in [0.3, 0.4) is 0 Å². The summed E-state index contributed by atoms with van der Waals surface area (Å²) in [5, 5.41) is 0. The molecule has 0 aliphatic carbocycles. The molecule has 4 heteroatoms. The van der Waals surface area contributed by atoms with Gasteiger partial charge >= 0.3 is 37.7 Å². The van der Waals surface area contributed by atoms with Crippen LogP contribution >= 0.6 is 12.4 Å². The first-order valence-electron chi connectivity index (χ1n) is 2.54. The van der Waals surface area contributed by atoms with Crippen LogP contribution in [-0.2, 0) is 4.79 Å². The van der Waals surface area contributed by atoms with Crippen molar-refractivity contribution in [2.24, 2.45) is 0 Å². The molecule has 0 radical (unpaired) electrons. The van der Waals surface area contributed by atoms with Gasteiger partial charge in [0.1, 0.15) is 0 Å². The molecule has 52 valence electrons. The fourth-order valence-electron chi connectivity index (χ4n) is 0.783. The number of hydrogen-bond donors (Lipinski definition) is 0. The van der Waals surface area contributed by atoms with Gasteiger partial charge in [-0.25, -0.2) is 0 Å². The van der Waals surface area contributed by atoms with Crippen LogP contribution in [0.5, 0.6) is 0 Å². The second-order valence-electron chi connectivity index (χ2n) is 1.92. The fourth-order valence-corrected chi connectivity index (χ4v) is 0.783. The van der Waals surface area contributed by atoms with Crippen molar-refractivity contribution in [2.45, 2.75) is 12.8 Å². The summed E-state index contributed by atoms with van der Waals surface area (Å²) in [6, 6.07) is 0. The molecule has 0 aromatic heterocycles. The second-order valence-corrected chi connectivity index (χ2v) is 1.92. The van der Waals surface area contributed by atoms with E-state index < -0.39 is 0 Å². The third-order valence-corrected chi connectivity index (χ3v) is 1.31. The van der Waals surface area contributed by atoms with Crippen molar-refractivity contribution in [3.05, 3.63) is 0 Å². The monoisotopic (exact) mass is 177 g/mol. The Balaban J connectivity index is -0.0000000612. The van der Waals surface area contributed by atoms with Crippen molar-refractivity contribution in [3.63, 3.8) is 0 Å². The first kappa shape index (κ1) is 12.7. The molecule has 1 fully saturated rings. The Morgan fingerprint density at radius 2 is 2.22 bits per heavy atom. The van der Waals surface area contributed by atoms with Crippen LogP contribution in [0, 0.1) is 0 Å². The van der Waals surface area contributed by atoms with Crippen molar-refractivity contribution in [2.75, 3.05) is 13.6 Å². The van der Waals surface area contributed by atoms with Gasteiger partial charge in [-0.1, -0.05) is 0 Å². The van der Waals surface area contributed by atoms with Gasteiger partial charge < -0.3 is 7.75 Å². The number of amides is 1. The van der Waals surface area contributed by atoms with Crippen molar-refractivity contribution < 1.29 is 7.65 Å². The molecule has 0 aromatic carbocycles. The van der Waals surface area contributed by atoms with Crippen LogP contribution < -0.4 is 0 Å². The summed E-state index contributed by atoms with van der Waals surface area (Å²) >= 11 is 0. The van der Waals surface area contributed by atoms with Crippen molar-refractivity contribution in [1.29, 1.82) is 0 Å². The van der Waals surface area contributed by atoms with Crippen molar-refractivity contribution in [1.82, 2.24) is 4.90 Å². The Morgan fingerprint density at radius 3 is 2.33 bits per heavy atom. The van der Waals surface area contributed by atoms with Gasteiger partial charge in [0, 0.05) is 20.0 Å². The molecule has 0 saturated carbocycles. The predicted octanol–water partition coefficient (Wildman–Crippen LogP) is 0.505. The van der Waals surface area contributed by atoms with Gasteiger partial charge in [0.2, 0.25) is 5.91 Å². The summed E-state index contributed by atoms with van der Waals surface area (Å²) in [5.74, 6) is 0.292. The van der Waals surface area contributed by atoms with Gasteiger partial charge in [0.25, 0.3) is 0 Å². The summed E-state index contributed by atoms with van der Waals surface area (Å²) in [7, 11) is 1.84. The van der Waals surface area contributed by atoms with Gasteiger partial charge in [-0.15, -0.1) is 12.4 Å². The first-order chi connectivity index (χ1) is 3.30. The minimum atomic E-state index is 0. The predicted molar refractivity (Wildman–Crippen MR) is 42.1 cm³/mol. The van der Waals surface area contributed by atoms with Crippen LogP contribution in [0.4, 0.5) is 0 Å². The Hall–Kier alpha value is 1.02. The van der Waals surface area contributed by atoms with Gasteiger partial charge in [-0.3, -0.25) is 4.79 Å². The molecule has 1 rings (SSSR count). The van der Waals surface area contributed by atoms with E-state index in [0.717, 1.165) is 19.4 Å². The quantitative estimate of drug-likeness (QED) is 0.494. The van der Waals surface area contributed by atoms with Crippen molar-refractivity contribution >= 4 is 56.1 Å². The summed E-state index contributed by atoms with van der Waals surface area (Å²) in [6.07, 6.45) is 1.81. The Labute approximate surface area is 94.4 Å². The molecule has 0 bridgehead atoms. The largest absolute Gasteiger partial charge is 2.00 e. The molecule has 1 aliphatic heterocycles. The van der Waals surface area contributed by atoms with E-state index in [2.05, 4.69) is 0 Å². The maximum absolute atomic E-state index is 10.5. The maximum atomic E-state index is 10.5. The number of halogens is 1. The van der Waals surface area contributed by atoms with Crippen LogP contribution in [-0.4, -0.2) is 62.1 Å². The van der Waals surface area contributed by atoms with E-state index in [9.17, 15) is 4.79 Å². The second kappa shape index (κ2) is 5.78. The Bertz CT molecular complexity index is 106. The third kappa shape index (κ3) is 3.66. The molecular formula is C5H12CaClNO. The van der Waals surface area contributed by atoms with E-state index in [-0.39, 0.29) is 53.0 Å². The normalized spacial score (nSPS) is 16.6. The van der Waals surface area contributed by atoms with Crippen LogP contribution in [0.1, 0.15) is 15.7 Å². The molecule has 0 atom stereocenters. The molecule has 0 spiro atoms. The SMILES string of the molecule is CN1CCCC1=O.Cl.[Ca+2].[H-].[H-]. The molecule has 2 nitrogen and oxygen atoms in total. The zero-order valence-corrected chi connectivity index (χ0v) is 8.62. The zero-order valence-electron chi connectivity index (χ0n) is 7.59. The fraction of sp³-hybridized carbons (Fsp3) is 0.800. The number of rotatable bonds is 0. The molecule has 1 amide bonds. The summed E-state index contributed by atoms with van der Waals surface area (Å²) in [6.45, 7) is 0.957. The number of carbonyl (C=O) groups excluding carboxylic acids is 1. The van der Waals surface area contributed by atoms with E-state index >= 15 is 0 Å². The summed E-state index contributed by atoms with van der Waals surface area (Å²) in [5.41, 5.74) is 0. The minimum absolute atomic E-state index is 0. The molecule has 1 heterocycles. The van der Waals surface area contributed by atoms with E-state index in [4.69, 9.17) is 0 Å². The van der Waals surface area contributed by atoms with E-state index in [1.54, 1.807) is 4.90 Å². The van der Waals surface area contributed by atoms with E-state index in [1.807, 2.05) is 7.05 Å². The summed E-state index contributed by atoms with van der Waals surface area (Å²) < 4.78 is 0. The Morgan fingerprint density at radius 1 is 1.67 bits per heavy atom. The first-order valence-corrected chi connectivity index (χ1v) is 2.54. The van der Waals surface area contributed by atoms with Crippen LogP contribution in [0.2, 0.25) is 0 Å². The average Bonchev–Trinajstić information content (AvgIpc) is 1.91. The standard InChI is InChI=1S/C5H9NO.Ca.ClH.2H/c1-6-4-2-3-5(6)7;;;;/h2-4H2,1H3;;1H;;/q;+2;;2*-1. The molecule has 9 heavy (non-hydrogen) atoms. The number of likely N-dealkylation sites (tertiary alicyclic amines) is 1. The van der Waals surface area contributed by atoms with Gasteiger partial charge in [-0.2, -0.15) is 0 Å². The van der Waals surface area contributed by atoms with Crippen LogP contribution in [0.25, 0.3) is 0 Å². The number of nitrogens with zero attached hydrogens (tertiary/aromatic N) is 1. The molecular weight excluding hydrogens is 166 g/mol. The van der Waals surface area contributed by atoms with Gasteiger partial charge in [0.15, 0.2) is 0 Å². The van der Waals surface area contributed by atoms with Crippen LogP contribution in [0.15, 0.2) is 0 Å². The topological polar surface area (TPSA) is 20.3 Å². The average molecular weight is 178 g/mol. The third-order valence-electron chi connectivity index (χ3n) is 1.31. The van der Waals surface area contributed by atoms with E-state index in [0.29, 0.717) is 5.91 Å². The zero-order chi connectivity index (χ0) is 5.28. The van der Waals surface area contributed by atoms with Crippen molar-refractivity contribution in [3.8, 4) is 0 Å². The Kier molecular flexibility index (Phi) is 8.14. The van der Waals surface area contributed by atoms with Gasteiger partial charge in [-0.05, 0) is 6.42 Å². The minimum Gasteiger partial charge on any atom is -1.00 e. The number of carbonyl (C=O) groups is 1. The molecule has 1 saturated heterocycles. The maximum Gasteiger partial charge on any atom is 2.00 e. The van der Waals surface area contributed by atoms with E-state index in [1.165, 1.54) is 0 Å². The smallest absolute Gasteiger partial charge is 1.00 e. The molecule has 1 aliphatic rings. The molecule has 0 aromatic rings. The van der Waals surface area contributed by atoms with Gasteiger partial charge in [0.05, 0.1) is 0 Å².